The zero-order chi connectivity index (χ0) is 17.3. The molecule has 0 radical (unpaired) electrons. The van der Waals surface area contributed by atoms with Crippen LogP contribution in [0.15, 0.2) is 47.1 Å². The monoisotopic (exact) mass is 324 g/mol. The Morgan fingerprint density at radius 2 is 1.79 bits per heavy atom. The molecule has 0 heterocycles. The summed E-state index contributed by atoms with van der Waals surface area (Å²) in [5.41, 5.74) is 6.59. The van der Waals surface area contributed by atoms with Gasteiger partial charge in [-0.2, -0.15) is 0 Å². The van der Waals surface area contributed by atoms with E-state index in [1.807, 2.05) is 18.2 Å². The first-order chi connectivity index (χ1) is 11.5. The average molecular weight is 324 g/mol. The number of carbonyl (C=O) groups is 1. The fraction of sp³-hybridized carbons (Fsp3) is 0.500. The number of aliphatic hydroxyl groups is 1. The molecule has 3 rings (SSSR count). The number of ketones is 1. The van der Waals surface area contributed by atoms with Gasteiger partial charge in [0.25, 0.3) is 0 Å². The van der Waals surface area contributed by atoms with Crippen LogP contribution in [-0.2, 0) is 4.79 Å². The van der Waals surface area contributed by atoms with E-state index in [1.165, 1.54) is 16.7 Å². The van der Waals surface area contributed by atoms with Crippen LogP contribution >= 0.6 is 0 Å². The first-order valence-corrected chi connectivity index (χ1v) is 9.25. The van der Waals surface area contributed by atoms with Gasteiger partial charge in [-0.05, 0) is 66.9 Å². The SMILES string of the molecule is CCC(C1=C2CCC(=O)C=C2CCC1C)c1ccc(C(C)O)cc1. The standard InChI is InChI=1S/C22H28O2/c1-4-20(17-9-7-16(8-10-17)15(3)23)22-14(2)5-6-18-13-19(24)11-12-21(18)22/h7-10,13-15,20,23H,4-6,11-12H2,1-3H3. The van der Waals surface area contributed by atoms with Crippen molar-refractivity contribution >= 4 is 5.78 Å². The van der Waals surface area contributed by atoms with E-state index in [1.54, 1.807) is 12.5 Å². The summed E-state index contributed by atoms with van der Waals surface area (Å²) in [6, 6.07) is 8.43. The smallest absolute Gasteiger partial charge is 0.156 e. The Kier molecular flexibility index (Phi) is 5.05. The number of benzene rings is 1. The van der Waals surface area contributed by atoms with Gasteiger partial charge < -0.3 is 5.11 Å². The van der Waals surface area contributed by atoms with Crippen molar-refractivity contribution in [1.82, 2.24) is 0 Å². The van der Waals surface area contributed by atoms with E-state index >= 15 is 0 Å². The molecule has 0 saturated heterocycles. The topological polar surface area (TPSA) is 37.3 Å². The van der Waals surface area contributed by atoms with Crippen molar-refractivity contribution in [2.75, 3.05) is 0 Å². The van der Waals surface area contributed by atoms with Crippen molar-refractivity contribution in [2.24, 2.45) is 5.92 Å². The molecule has 2 nitrogen and oxygen atoms in total. The lowest BCUT2D eigenvalue weighted by Crippen LogP contribution is -2.21. The number of carbonyl (C=O) groups excluding carboxylic acids is 1. The second kappa shape index (κ2) is 7.06. The van der Waals surface area contributed by atoms with Gasteiger partial charge in [0.1, 0.15) is 0 Å². The van der Waals surface area contributed by atoms with Crippen molar-refractivity contribution < 1.29 is 9.90 Å². The maximum Gasteiger partial charge on any atom is 0.156 e. The van der Waals surface area contributed by atoms with Crippen LogP contribution in [0.25, 0.3) is 0 Å². The van der Waals surface area contributed by atoms with Crippen LogP contribution < -0.4 is 0 Å². The lowest BCUT2D eigenvalue weighted by molar-refractivity contribution is -0.114. The molecule has 2 aliphatic carbocycles. The van der Waals surface area contributed by atoms with Crippen LogP contribution in [-0.4, -0.2) is 10.9 Å². The van der Waals surface area contributed by atoms with Gasteiger partial charge in [0.15, 0.2) is 5.78 Å². The lowest BCUT2D eigenvalue weighted by Gasteiger charge is -2.35. The molecule has 0 spiro atoms. The van der Waals surface area contributed by atoms with Gasteiger partial charge in [-0.25, -0.2) is 0 Å². The lowest BCUT2D eigenvalue weighted by atomic mass is 9.70. The number of hydrogen-bond acceptors (Lipinski definition) is 2. The fourth-order valence-corrected chi connectivity index (χ4v) is 4.34. The number of aliphatic hydroxyl groups excluding tert-OH is 1. The Morgan fingerprint density at radius 3 is 2.42 bits per heavy atom. The van der Waals surface area contributed by atoms with Crippen molar-refractivity contribution in [1.29, 1.82) is 0 Å². The summed E-state index contributed by atoms with van der Waals surface area (Å²) in [6.45, 7) is 6.39. The number of fused-ring (bicyclic) bond motifs is 1. The first kappa shape index (κ1) is 17.2. The summed E-state index contributed by atoms with van der Waals surface area (Å²) in [5, 5.41) is 9.73. The number of rotatable bonds is 4. The Labute approximate surface area is 145 Å². The van der Waals surface area contributed by atoms with Crippen molar-refractivity contribution in [3.63, 3.8) is 0 Å². The van der Waals surface area contributed by atoms with Crippen molar-refractivity contribution in [3.05, 3.63) is 58.2 Å². The third-order valence-electron chi connectivity index (χ3n) is 5.68. The zero-order valence-corrected chi connectivity index (χ0v) is 15.0. The highest BCUT2D eigenvalue weighted by molar-refractivity contribution is 5.93. The molecule has 3 unspecified atom stereocenters. The van der Waals surface area contributed by atoms with E-state index in [9.17, 15) is 9.90 Å². The maximum atomic E-state index is 11.8. The van der Waals surface area contributed by atoms with E-state index in [2.05, 4.69) is 26.0 Å². The molecule has 24 heavy (non-hydrogen) atoms. The molecule has 0 aromatic heterocycles. The Morgan fingerprint density at radius 1 is 1.12 bits per heavy atom. The van der Waals surface area contributed by atoms with Crippen LogP contribution in [0.2, 0.25) is 0 Å². The summed E-state index contributed by atoms with van der Waals surface area (Å²) < 4.78 is 0. The maximum absolute atomic E-state index is 11.8. The van der Waals surface area contributed by atoms with E-state index in [-0.39, 0.29) is 5.78 Å². The third kappa shape index (κ3) is 3.25. The highest BCUT2D eigenvalue weighted by atomic mass is 16.3. The van der Waals surface area contributed by atoms with Gasteiger partial charge >= 0.3 is 0 Å². The largest absolute Gasteiger partial charge is 0.389 e. The molecule has 2 heteroatoms. The van der Waals surface area contributed by atoms with Crippen molar-refractivity contribution in [2.45, 2.75) is 64.9 Å². The van der Waals surface area contributed by atoms with E-state index in [0.29, 0.717) is 18.3 Å². The zero-order valence-electron chi connectivity index (χ0n) is 15.0. The summed E-state index contributed by atoms with van der Waals surface area (Å²) >= 11 is 0. The molecule has 1 aromatic rings. The number of allylic oxidation sites excluding steroid dienone is 4. The Bertz CT molecular complexity index is 676. The minimum absolute atomic E-state index is 0.289. The van der Waals surface area contributed by atoms with Gasteiger partial charge in [0.05, 0.1) is 6.10 Å². The summed E-state index contributed by atoms with van der Waals surface area (Å²) in [4.78, 5) is 11.8. The second-order valence-corrected chi connectivity index (χ2v) is 7.31. The first-order valence-electron chi connectivity index (χ1n) is 9.25. The minimum Gasteiger partial charge on any atom is -0.389 e. The molecule has 0 amide bonds. The molecule has 1 N–H and O–H groups in total. The van der Waals surface area contributed by atoms with E-state index in [4.69, 9.17) is 0 Å². The van der Waals surface area contributed by atoms with Gasteiger partial charge in [-0.15, -0.1) is 0 Å². The Balaban J connectivity index is 2.02. The van der Waals surface area contributed by atoms with Gasteiger partial charge in [-0.3, -0.25) is 4.79 Å². The molecule has 1 aromatic carbocycles. The Hall–Kier alpha value is -1.67. The van der Waals surface area contributed by atoms with Gasteiger partial charge in [0, 0.05) is 12.3 Å². The molecular weight excluding hydrogens is 296 g/mol. The molecule has 0 aliphatic heterocycles. The van der Waals surface area contributed by atoms with Crippen LogP contribution in [0.4, 0.5) is 0 Å². The highest BCUT2D eigenvalue weighted by Gasteiger charge is 2.30. The summed E-state index contributed by atoms with van der Waals surface area (Å²) in [6.07, 6.45) is 6.29. The normalized spacial score (nSPS) is 23.6. The van der Waals surface area contributed by atoms with E-state index < -0.39 is 6.10 Å². The molecule has 0 fully saturated rings. The molecule has 128 valence electrons. The molecule has 3 atom stereocenters. The van der Waals surface area contributed by atoms with Crippen LogP contribution in [0.1, 0.15) is 76.0 Å². The fourth-order valence-electron chi connectivity index (χ4n) is 4.34. The average Bonchev–Trinajstić information content (AvgIpc) is 2.58. The molecule has 2 aliphatic rings. The molecule has 0 saturated carbocycles. The summed E-state index contributed by atoms with van der Waals surface area (Å²) in [7, 11) is 0. The van der Waals surface area contributed by atoms with Crippen molar-refractivity contribution in [3.8, 4) is 0 Å². The number of hydrogen-bond donors (Lipinski definition) is 1. The van der Waals surface area contributed by atoms with E-state index in [0.717, 1.165) is 31.2 Å². The van der Waals surface area contributed by atoms with Gasteiger partial charge in [-0.1, -0.05) is 43.7 Å². The predicted molar refractivity (Wildman–Crippen MR) is 97.9 cm³/mol. The molecular formula is C22H28O2. The van der Waals surface area contributed by atoms with Gasteiger partial charge in [0.2, 0.25) is 0 Å². The second-order valence-electron chi connectivity index (χ2n) is 7.31. The van der Waals surface area contributed by atoms with Crippen LogP contribution in [0.3, 0.4) is 0 Å². The quantitative estimate of drug-likeness (QED) is 0.821. The third-order valence-corrected chi connectivity index (χ3v) is 5.68. The highest BCUT2D eigenvalue weighted by Crippen LogP contribution is 2.45. The minimum atomic E-state index is -0.423. The summed E-state index contributed by atoms with van der Waals surface area (Å²) in [5.74, 6) is 1.28. The van der Waals surface area contributed by atoms with Crippen LogP contribution in [0, 0.1) is 5.92 Å². The molecule has 0 bridgehead atoms. The predicted octanol–water partition coefficient (Wildman–Crippen LogP) is 5.25. The van der Waals surface area contributed by atoms with Crippen LogP contribution in [0.5, 0.6) is 0 Å².